The SMILES string of the molecule is Cc1ccc(C)n1NCC=Cc1ccccc1. The molecule has 2 aromatic rings. The van der Waals surface area contributed by atoms with Crippen LogP contribution in [0.3, 0.4) is 0 Å². The lowest BCUT2D eigenvalue weighted by atomic mass is 10.2. The summed E-state index contributed by atoms with van der Waals surface area (Å²) in [6.07, 6.45) is 4.26. The molecule has 2 heteroatoms. The first-order valence-electron chi connectivity index (χ1n) is 5.88. The fourth-order valence-electron chi connectivity index (χ4n) is 1.82. The number of hydrogen-bond donors (Lipinski definition) is 1. The third kappa shape index (κ3) is 3.00. The van der Waals surface area contributed by atoms with Gasteiger partial charge in [0.15, 0.2) is 0 Å². The molecule has 0 atom stereocenters. The van der Waals surface area contributed by atoms with Crippen molar-refractivity contribution in [2.45, 2.75) is 13.8 Å². The van der Waals surface area contributed by atoms with Crippen molar-refractivity contribution in [3.8, 4) is 0 Å². The van der Waals surface area contributed by atoms with Crippen LogP contribution in [-0.4, -0.2) is 11.2 Å². The Morgan fingerprint density at radius 2 is 1.65 bits per heavy atom. The van der Waals surface area contributed by atoms with E-state index in [0.717, 1.165) is 6.54 Å². The van der Waals surface area contributed by atoms with E-state index in [9.17, 15) is 0 Å². The summed E-state index contributed by atoms with van der Waals surface area (Å²) >= 11 is 0. The van der Waals surface area contributed by atoms with Crippen LogP contribution in [-0.2, 0) is 0 Å². The van der Waals surface area contributed by atoms with Crippen LogP contribution in [0.15, 0.2) is 48.5 Å². The van der Waals surface area contributed by atoms with Crippen molar-refractivity contribution in [2.75, 3.05) is 12.0 Å². The number of nitrogens with one attached hydrogen (secondary N) is 1. The number of aryl methyl sites for hydroxylation is 2. The largest absolute Gasteiger partial charge is 0.322 e. The lowest BCUT2D eigenvalue weighted by Crippen LogP contribution is -2.17. The Kier molecular flexibility index (Phi) is 3.66. The fraction of sp³-hybridized carbons (Fsp3) is 0.200. The first kappa shape index (κ1) is 11.5. The van der Waals surface area contributed by atoms with Gasteiger partial charge in [-0.25, -0.2) is 0 Å². The Morgan fingerprint density at radius 1 is 1.00 bits per heavy atom. The Bertz CT molecular complexity index is 475. The summed E-state index contributed by atoms with van der Waals surface area (Å²) in [5.74, 6) is 0. The Labute approximate surface area is 103 Å². The minimum Gasteiger partial charge on any atom is -0.322 e. The van der Waals surface area contributed by atoms with Crippen LogP contribution in [0.25, 0.3) is 6.08 Å². The maximum atomic E-state index is 3.36. The molecule has 0 aliphatic heterocycles. The second-order valence-electron chi connectivity index (χ2n) is 4.13. The highest BCUT2D eigenvalue weighted by atomic mass is 15.4. The van der Waals surface area contributed by atoms with Crippen LogP contribution in [0.1, 0.15) is 17.0 Å². The van der Waals surface area contributed by atoms with Gasteiger partial charge in [-0.1, -0.05) is 42.5 Å². The number of aromatic nitrogens is 1. The monoisotopic (exact) mass is 226 g/mol. The summed E-state index contributed by atoms with van der Waals surface area (Å²) in [6, 6.07) is 14.6. The van der Waals surface area contributed by atoms with Crippen molar-refractivity contribution < 1.29 is 0 Å². The number of hydrogen-bond acceptors (Lipinski definition) is 1. The number of rotatable bonds is 4. The van der Waals surface area contributed by atoms with E-state index >= 15 is 0 Å². The summed E-state index contributed by atoms with van der Waals surface area (Å²) in [5.41, 5.74) is 7.06. The molecule has 0 bridgehead atoms. The van der Waals surface area contributed by atoms with Crippen LogP contribution in [0.5, 0.6) is 0 Å². The molecular formula is C15H18N2. The van der Waals surface area contributed by atoms with Gasteiger partial charge in [-0.05, 0) is 31.5 Å². The van der Waals surface area contributed by atoms with Crippen molar-refractivity contribution in [2.24, 2.45) is 0 Å². The average Bonchev–Trinajstić information content (AvgIpc) is 2.67. The zero-order chi connectivity index (χ0) is 12.1. The van der Waals surface area contributed by atoms with Gasteiger partial charge in [0.2, 0.25) is 0 Å². The molecule has 88 valence electrons. The highest BCUT2D eigenvalue weighted by Gasteiger charge is 1.97. The van der Waals surface area contributed by atoms with Gasteiger partial charge in [0.25, 0.3) is 0 Å². The second-order valence-corrected chi connectivity index (χ2v) is 4.13. The first-order valence-corrected chi connectivity index (χ1v) is 5.88. The first-order chi connectivity index (χ1) is 8.27. The van der Waals surface area contributed by atoms with Gasteiger partial charge in [-0.2, -0.15) is 0 Å². The minimum atomic E-state index is 0.825. The second kappa shape index (κ2) is 5.39. The van der Waals surface area contributed by atoms with Gasteiger partial charge in [-0.3, -0.25) is 4.68 Å². The van der Waals surface area contributed by atoms with Gasteiger partial charge < -0.3 is 5.43 Å². The lowest BCUT2D eigenvalue weighted by molar-refractivity contribution is 0.830. The van der Waals surface area contributed by atoms with Crippen molar-refractivity contribution >= 4 is 6.08 Å². The highest BCUT2D eigenvalue weighted by molar-refractivity contribution is 5.49. The van der Waals surface area contributed by atoms with Crippen molar-refractivity contribution in [1.29, 1.82) is 0 Å². The predicted octanol–water partition coefficient (Wildman–Crippen LogP) is 3.36. The minimum absolute atomic E-state index is 0.825. The Balaban J connectivity index is 1.90. The molecule has 0 aliphatic rings. The zero-order valence-corrected chi connectivity index (χ0v) is 10.4. The van der Waals surface area contributed by atoms with Crippen molar-refractivity contribution in [3.63, 3.8) is 0 Å². The fourth-order valence-corrected chi connectivity index (χ4v) is 1.82. The molecule has 0 spiro atoms. The molecular weight excluding hydrogens is 208 g/mol. The highest BCUT2D eigenvalue weighted by Crippen LogP contribution is 2.04. The van der Waals surface area contributed by atoms with E-state index in [4.69, 9.17) is 0 Å². The molecule has 0 saturated carbocycles. The predicted molar refractivity (Wildman–Crippen MR) is 73.6 cm³/mol. The molecule has 1 aromatic carbocycles. The molecule has 0 unspecified atom stereocenters. The molecule has 2 nitrogen and oxygen atoms in total. The van der Waals surface area contributed by atoms with E-state index in [1.54, 1.807) is 0 Å². The summed E-state index contributed by atoms with van der Waals surface area (Å²) in [5, 5.41) is 0. The van der Waals surface area contributed by atoms with E-state index in [0.29, 0.717) is 0 Å². The van der Waals surface area contributed by atoms with Crippen LogP contribution in [0.2, 0.25) is 0 Å². The van der Waals surface area contributed by atoms with Gasteiger partial charge in [0.1, 0.15) is 0 Å². The van der Waals surface area contributed by atoms with Gasteiger partial charge >= 0.3 is 0 Å². The van der Waals surface area contributed by atoms with E-state index in [2.05, 4.69) is 60.4 Å². The molecule has 17 heavy (non-hydrogen) atoms. The van der Waals surface area contributed by atoms with Crippen molar-refractivity contribution in [1.82, 2.24) is 4.68 Å². The summed E-state index contributed by atoms with van der Waals surface area (Å²) in [4.78, 5) is 0. The van der Waals surface area contributed by atoms with Crippen LogP contribution in [0, 0.1) is 13.8 Å². The molecule has 0 saturated heterocycles. The zero-order valence-electron chi connectivity index (χ0n) is 10.4. The van der Waals surface area contributed by atoms with Gasteiger partial charge in [0, 0.05) is 17.9 Å². The van der Waals surface area contributed by atoms with Crippen LogP contribution < -0.4 is 5.43 Å². The molecule has 0 aliphatic carbocycles. The third-order valence-electron chi connectivity index (χ3n) is 2.75. The number of benzene rings is 1. The molecule has 2 rings (SSSR count). The molecule has 1 heterocycles. The molecule has 0 fully saturated rings. The maximum Gasteiger partial charge on any atom is 0.0498 e. The van der Waals surface area contributed by atoms with Gasteiger partial charge in [-0.15, -0.1) is 0 Å². The normalized spacial score (nSPS) is 10.9. The molecule has 0 radical (unpaired) electrons. The quantitative estimate of drug-likeness (QED) is 0.846. The van der Waals surface area contributed by atoms with E-state index in [-0.39, 0.29) is 0 Å². The summed E-state index contributed by atoms with van der Waals surface area (Å²) in [7, 11) is 0. The lowest BCUT2D eigenvalue weighted by Gasteiger charge is -2.10. The smallest absolute Gasteiger partial charge is 0.0498 e. The van der Waals surface area contributed by atoms with Crippen LogP contribution >= 0.6 is 0 Å². The number of nitrogens with zero attached hydrogens (tertiary/aromatic N) is 1. The third-order valence-corrected chi connectivity index (χ3v) is 2.75. The molecule has 1 aromatic heterocycles. The van der Waals surface area contributed by atoms with Crippen LogP contribution in [0.4, 0.5) is 0 Å². The standard InChI is InChI=1S/C15H18N2/c1-13-10-11-14(2)17(13)16-12-6-9-15-7-4-3-5-8-15/h3-11,16H,12H2,1-2H3. The summed E-state index contributed by atoms with van der Waals surface area (Å²) < 4.78 is 2.11. The Morgan fingerprint density at radius 3 is 2.29 bits per heavy atom. The van der Waals surface area contributed by atoms with E-state index in [1.165, 1.54) is 17.0 Å². The average molecular weight is 226 g/mol. The topological polar surface area (TPSA) is 17.0 Å². The Hall–Kier alpha value is -1.96. The van der Waals surface area contributed by atoms with Gasteiger partial charge in [0.05, 0.1) is 0 Å². The van der Waals surface area contributed by atoms with Crippen molar-refractivity contribution in [3.05, 3.63) is 65.5 Å². The van der Waals surface area contributed by atoms with E-state index < -0.39 is 0 Å². The molecule has 0 amide bonds. The van der Waals surface area contributed by atoms with E-state index in [1.807, 2.05) is 18.2 Å². The molecule has 1 N–H and O–H groups in total. The summed E-state index contributed by atoms with van der Waals surface area (Å²) in [6.45, 7) is 5.02. The maximum absolute atomic E-state index is 3.36.